The first-order valence-corrected chi connectivity index (χ1v) is 8.78. The molecule has 0 fully saturated rings. The van der Waals surface area contributed by atoms with Crippen LogP contribution in [-0.4, -0.2) is 30.8 Å². The average molecular weight is 452 g/mol. The summed E-state index contributed by atoms with van der Waals surface area (Å²) in [6.45, 7) is -3.84. The zero-order valence-electron chi connectivity index (χ0n) is 19.6. The molecule has 0 saturated heterocycles. The number of hydrogen-bond donors (Lipinski definition) is 2. The molecule has 3 aromatic rings. The molecule has 2 heterocycles. The van der Waals surface area contributed by atoms with E-state index in [2.05, 4.69) is 10.3 Å². The molecule has 162 valence electrons. The summed E-state index contributed by atoms with van der Waals surface area (Å²) >= 11 is 5.98. The summed E-state index contributed by atoms with van der Waals surface area (Å²) in [6, 6.07) is 3.39. The maximum atomic E-state index is 14.5. The van der Waals surface area contributed by atoms with Gasteiger partial charge in [-0.1, -0.05) is 22.8 Å². The molecule has 30 heavy (non-hydrogen) atoms. The summed E-state index contributed by atoms with van der Waals surface area (Å²) in [6.07, 6.45) is -5.49. The number of aliphatic hydroxyl groups is 2. The number of nitrogens with zero attached hydrogens (tertiary/aromatic N) is 3. The molecule has 0 amide bonds. The minimum absolute atomic E-state index is 0.0186. The maximum absolute atomic E-state index is 14.5. The van der Waals surface area contributed by atoms with Gasteiger partial charge in [-0.15, -0.1) is 0 Å². The zero-order valence-corrected chi connectivity index (χ0v) is 16.3. The van der Waals surface area contributed by atoms with Crippen molar-refractivity contribution in [2.24, 2.45) is 0 Å². The molecule has 0 aliphatic carbocycles. The summed E-state index contributed by atoms with van der Waals surface area (Å²) in [5.41, 5.74) is -6.56. The Morgan fingerprint density at radius 2 is 2.00 bits per heavy atom. The highest BCUT2D eigenvalue weighted by molar-refractivity contribution is 6.33. The van der Waals surface area contributed by atoms with Gasteiger partial charge in [-0.2, -0.15) is 18.3 Å². The SMILES string of the molecule is [2H]C([2H])(O)c1c(-c2c(F)cccc2Cl)noc1-c1cnn(C([2H])([2H])CC(C)(C)O)c1C(F)(F)F. The largest absolute Gasteiger partial charge is 0.433 e. The lowest BCUT2D eigenvalue weighted by Gasteiger charge is -2.18. The Kier molecular flexibility index (Phi) is 4.61. The highest BCUT2D eigenvalue weighted by Gasteiger charge is 2.40. The molecule has 3 rings (SSSR count). The molecule has 2 aromatic heterocycles. The quantitative estimate of drug-likeness (QED) is 0.532. The molecule has 0 atom stereocenters. The first kappa shape index (κ1) is 17.3. The van der Waals surface area contributed by atoms with Crippen LogP contribution in [0, 0.1) is 5.82 Å². The molecule has 0 unspecified atom stereocenters. The van der Waals surface area contributed by atoms with E-state index in [1.54, 1.807) is 0 Å². The first-order chi connectivity index (χ1) is 15.3. The Bertz CT molecular complexity index is 1200. The number of aryl methyl sites for hydroxylation is 1. The van der Waals surface area contributed by atoms with E-state index in [4.69, 9.17) is 21.6 Å². The van der Waals surface area contributed by atoms with Crippen molar-refractivity contribution < 1.29 is 37.8 Å². The summed E-state index contributed by atoms with van der Waals surface area (Å²) in [5, 5.41) is 26.7. The van der Waals surface area contributed by atoms with Crippen LogP contribution in [0.4, 0.5) is 17.6 Å². The fourth-order valence-electron chi connectivity index (χ4n) is 2.65. The standard InChI is InChI=1S/C19H18ClF4N3O3/c1-18(2,29)6-7-27-17(19(22,23)24)10(8-25-27)16-11(9-28)15(26-30-16)14-12(20)4-3-5-13(14)21/h3-5,8,28-29H,6-7,9H2,1-2H3/i7D2,9D2. The second-order valence-electron chi connectivity index (χ2n) is 6.91. The van der Waals surface area contributed by atoms with E-state index in [-0.39, 0.29) is 9.70 Å². The van der Waals surface area contributed by atoms with Gasteiger partial charge in [0.25, 0.3) is 0 Å². The molecule has 0 saturated carbocycles. The van der Waals surface area contributed by atoms with Crippen molar-refractivity contribution in [3.63, 3.8) is 0 Å². The molecule has 11 heteroatoms. The van der Waals surface area contributed by atoms with Crippen molar-refractivity contribution >= 4 is 11.6 Å². The van der Waals surface area contributed by atoms with E-state index >= 15 is 0 Å². The van der Waals surface area contributed by atoms with Crippen LogP contribution in [-0.2, 0) is 19.2 Å². The Morgan fingerprint density at radius 1 is 1.30 bits per heavy atom. The number of alkyl halides is 3. The van der Waals surface area contributed by atoms with E-state index in [9.17, 15) is 27.8 Å². The molecule has 0 spiro atoms. The van der Waals surface area contributed by atoms with Crippen molar-refractivity contribution in [3.05, 3.63) is 46.5 Å². The lowest BCUT2D eigenvalue weighted by atomic mass is 10.0. The van der Waals surface area contributed by atoms with Crippen LogP contribution in [0.2, 0.25) is 5.02 Å². The summed E-state index contributed by atoms with van der Waals surface area (Å²) in [5.74, 6) is -1.97. The molecular weight excluding hydrogens is 430 g/mol. The van der Waals surface area contributed by atoms with Gasteiger partial charge in [-0.3, -0.25) is 4.68 Å². The Labute approximate surface area is 179 Å². The van der Waals surface area contributed by atoms with Crippen LogP contribution in [0.25, 0.3) is 22.6 Å². The smallest absolute Gasteiger partial charge is 0.391 e. The van der Waals surface area contributed by atoms with Crippen molar-refractivity contribution in [2.45, 2.75) is 45.1 Å². The van der Waals surface area contributed by atoms with Crippen LogP contribution >= 0.6 is 11.6 Å². The van der Waals surface area contributed by atoms with Gasteiger partial charge in [0.2, 0.25) is 0 Å². The Hall–Kier alpha value is -2.43. The van der Waals surface area contributed by atoms with E-state index in [0.717, 1.165) is 6.07 Å². The summed E-state index contributed by atoms with van der Waals surface area (Å²) < 4.78 is 93.2. The summed E-state index contributed by atoms with van der Waals surface area (Å²) in [7, 11) is 0. The monoisotopic (exact) mass is 451 g/mol. The van der Waals surface area contributed by atoms with E-state index < -0.39 is 70.9 Å². The van der Waals surface area contributed by atoms with Gasteiger partial charge in [-0.05, 0) is 32.4 Å². The molecule has 0 aliphatic rings. The number of hydrogen-bond acceptors (Lipinski definition) is 5. The second kappa shape index (κ2) is 8.01. The summed E-state index contributed by atoms with van der Waals surface area (Å²) in [4.78, 5) is 0. The lowest BCUT2D eigenvalue weighted by Crippen LogP contribution is -2.24. The fraction of sp³-hybridized carbons (Fsp3) is 0.368. The van der Waals surface area contributed by atoms with Crippen LogP contribution in [0.15, 0.2) is 28.9 Å². The number of halogens is 5. The lowest BCUT2D eigenvalue weighted by molar-refractivity contribution is -0.144. The second-order valence-corrected chi connectivity index (χ2v) is 7.31. The minimum Gasteiger partial charge on any atom is -0.391 e. The van der Waals surface area contributed by atoms with Crippen LogP contribution in [0.3, 0.4) is 0 Å². The van der Waals surface area contributed by atoms with Crippen molar-refractivity contribution in [1.29, 1.82) is 0 Å². The predicted octanol–water partition coefficient (Wildman–Crippen LogP) is 4.67. The van der Waals surface area contributed by atoms with Gasteiger partial charge < -0.3 is 14.7 Å². The molecular formula is C19H18ClF4N3O3. The third-order valence-corrected chi connectivity index (χ3v) is 4.26. The third-order valence-electron chi connectivity index (χ3n) is 3.95. The zero-order chi connectivity index (χ0) is 25.9. The van der Waals surface area contributed by atoms with Gasteiger partial charge in [0.05, 0.1) is 45.6 Å². The van der Waals surface area contributed by atoms with Gasteiger partial charge in [0, 0.05) is 6.50 Å². The molecule has 6 nitrogen and oxygen atoms in total. The molecule has 0 radical (unpaired) electrons. The highest BCUT2D eigenvalue weighted by Crippen LogP contribution is 2.42. The van der Waals surface area contributed by atoms with Crippen LogP contribution < -0.4 is 0 Å². The maximum Gasteiger partial charge on any atom is 0.433 e. The molecule has 1 aromatic carbocycles. The Morgan fingerprint density at radius 3 is 2.57 bits per heavy atom. The van der Waals surface area contributed by atoms with Gasteiger partial charge in [-0.25, -0.2) is 4.39 Å². The van der Waals surface area contributed by atoms with Gasteiger partial charge in [0.1, 0.15) is 11.5 Å². The average Bonchev–Trinajstić information content (AvgIpc) is 3.23. The fourth-order valence-corrected chi connectivity index (χ4v) is 2.90. The highest BCUT2D eigenvalue weighted by atomic mass is 35.5. The van der Waals surface area contributed by atoms with E-state index in [0.29, 0.717) is 6.20 Å². The number of benzene rings is 1. The van der Waals surface area contributed by atoms with E-state index in [1.807, 2.05) is 0 Å². The molecule has 0 aliphatic heterocycles. The van der Waals surface area contributed by atoms with Gasteiger partial charge in [0.15, 0.2) is 11.5 Å². The Balaban J connectivity index is 2.34. The minimum atomic E-state index is -5.25. The van der Waals surface area contributed by atoms with Crippen molar-refractivity contribution in [2.75, 3.05) is 0 Å². The van der Waals surface area contributed by atoms with Crippen molar-refractivity contribution in [3.8, 4) is 22.6 Å². The molecule has 2 N–H and O–H groups in total. The first-order valence-electron chi connectivity index (χ1n) is 10.4. The predicted molar refractivity (Wildman–Crippen MR) is 100.0 cm³/mol. The molecule has 0 bridgehead atoms. The number of aromatic nitrogens is 3. The third kappa shape index (κ3) is 4.35. The van der Waals surface area contributed by atoms with E-state index in [1.165, 1.54) is 26.0 Å². The normalized spacial score (nSPS) is 15.5. The number of rotatable bonds is 6. The van der Waals surface area contributed by atoms with Crippen molar-refractivity contribution in [1.82, 2.24) is 14.9 Å². The van der Waals surface area contributed by atoms with Gasteiger partial charge >= 0.3 is 6.18 Å². The van der Waals surface area contributed by atoms with Crippen LogP contribution in [0.5, 0.6) is 0 Å². The van der Waals surface area contributed by atoms with Crippen LogP contribution in [0.1, 0.15) is 37.0 Å². The topological polar surface area (TPSA) is 84.3 Å².